The third-order valence-corrected chi connectivity index (χ3v) is 4.74. The van der Waals surface area contributed by atoms with Crippen LogP contribution in [0.5, 0.6) is 0 Å². The highest BCUT2D eigenvalue weighted by atomic mass is 32.1. The molecule has 2 aromatic heterocycles. The van der Waals surface area contributed by atoms with Gasteiger partial charge in [-0.3, -0.25) is 0 Å². The third-order valence-electron chi connectivity index (χ3n) is 3.95. The lowest BCUT2D eigenvalue weighted by Crippen LogP contribution is -2.23. The summed E-state index contributed by atoms with van der Waals surface area (Å²) in [6.07, 6.45) is 2.03. The van der Waals surface area contributed by atoms with Gasteiger partial charge in [-0.2, -0.15) is 4.98 Å². The van der Waals surface area contributed by atoms with E-state index in [0.29, 0.717) is 5.95 Å². The summed E-state index contributed by atoms with van der Waals surface area (Å²) in [4.78, 5) is 16.0. The number of thiazole rings is 1. The van der Waals surface area contributed by atoms with Crippen molar-refractivity contribution in [2.45, 2.75) is 33.6 Å². The number of nitrogens with one attached hydrogen (secondary N) is 1. The molecule has 0 fully saturated rings. The molecule has 0 bridgehead atoms. The number of hydrogen-bond acceptors (Lipinski definition) is 6. The maximum absolute atomic E-state index is 4.71. The largest absolute Gasteiger partial charge is 0.357 e. The lowest BCUT2D eigenvalue weighted by molar-refractivity contribution is 0.824. The standard InChI is InChI=1S/C18H23N5S/c1-4-7-13-11-17(23(5-2)6-3)22-18(20-13)21-14-8-9-15-16(10-14)24-12-19-15/h8-12H,4-7H2,1-3H3,(H,20,21,22). The molecule has 6 heteroatoms. The molecule has 0 radical (unpaired) electrons. The van der Waals surface area contributed by atoms with Gasteiger partial charge in [-0.15, -0.1) is 11.3 Å². The molecule has 126 valence electrons. The van der Waals surface area contributed by atoms with E-state index in [1.54, 1.807) is 11.3 Å². The van der Waals surface area contributed by atoms with E-state index in [2.05, 4.69) is 53.1 Å². The fourth-order valence-electron chi connectivity index (χ4n) is 2.69. The summed E-state index contributed by atoms with van der Waals surface area (Å²) in [5, 5.41) is 3.36. The van der Waals surface area contributed by atoms with Crippen molar-refractivity contribution in [2.24, 2.45) is 0 Å². The van der Waals surface area contributed by atoms with E-state index in [0.717, 1.165) is 53.3 Å². The van der Waals surface area contributed by atoms with Crippen molar-refractivity contribution in [3.63, 3.8) is 0 Å². The Morgan fingerprint density at radius 2 is 1.92 bits per heavy atom. The Hall–Kier alpha value is -2.21. The van der Waals surface area contributed by atoms with Crippen LogP contribution in [-0.4, -0.2) is 28.0 Å². The highest BCUT2D eigenvalue weighted by Crippen LogP contribution is 2.24. The number of rotatable bonds is 7. The molecule has 0 atom stereocenters. The van der Waals surface area contributed by atoms with Crippen LogP contribution in [0.3, 0.4) is 0 Å². The summed E-state index contributed by atoms with van der Waals surface area (Å²) in [7, 11) is 0. The van der Waals surface area contributed by atoms with Crippen LogP contribution in [0.2, 0.25) is 0 Å². The van der Waals surface area contributed by atoms with E-state index < -0.39 is 0 Å². The zero-order chi connectivity index (χ0) is 16.9. The number of aryl methyl sites for hydroxylation is 1. The minimum atomic E-state index is 0.659. The predicted molar refractivity (Wildman–Crippen MR) is 102 cm³/mol. The van der Waals surface area contributed by atoms with Crippen LogP contribution in [-0.2, 0) is 6.42 Å². The number of benzene rings is 1. The molecule has 24 heavy (non-hydrogen) atoms. The van der Waals surface area contributed by atoms with Crippen LogP contribution in [0.25, 0.3) is 10.2 Å². The van der Waals surface area contributed by atoms with Crippen LogP contribution < -0.4 is 10.2 Å². The summed E-state index contributed by atoms with van der Waals surface area (Å²) < 4.78 is 1.16. The average Bonchev–Trinajstić information content (AvgIpc) is 3.04. The van der Waals surface area contributed by atoms with Crippen molar-refractivity contribution >= 4 is 39.0 Å². The van der Waals surface area contributed by atoms with Crippen molar-refractivity contribution in [1.82, 2.24) is 15.0 Å². The Bertz CT molecular complexity index is 810. The van der Waals surface area contributed by atoms with E-state index in [-0.39, 0.29) is 0 Å². The molecule has 0 unspecified atom stereocenters. The maximum Gasteiger partial charge on any atom is 0.229 e. The van der Waals surface area contributed by atoms with Crippen LogP contribution >= 0.6 is 11.3 Å². The van der Waals surface area contributed by atoms with E-state index in [1.165, 1.54) is 0 Å². The molecule has 0 aliphatic carbocycles. The molecule has 5 nitrogen and oxygen atoms in total. The molecule has 2 heterocycles. The number of anilines is 3. The molecule has 0 spiro atoms. The lowest BCUT2D eigenvalue weighted by Gasteiger charge is -2.21. The van der Waals surface area contributed by atoms with Gasteiger partial charge in [0.1, 0.15) is 5.82 Å². The molecule has 3 rings (SSSR count). The second-order valence-corrected chi connectivity index (χ2v) is 6.51. The number of hydrogen-bond donors (Lipinski definition) is 1. The van der Waals surface area contributed by atoms with Gasteiger partial charge < -0.3 is 10.2 Å². The summed E-state index contributed by atoms with van der Waals surface area (Å²) >= 11 is 1.64. The monoisotopic (exact) mass is 341 g/mol. The van der Waals surface area contributed by atoms with Gasteiger partial charge >= 0.3 is 0 Å². The number of nitrogens with zero attached hydrogens (tertiary/aromatic N) is 4. The molecule has 0 saturated heterocycles. The topological polar surface area (TPSA) is 53.9 Å². The Morgan fingerprint density at radius 3 is 2.67 bits per heavy atom. The van der Waals surface area contributed by atoms with Gasteiger partial charge in [-0.05, 0) is 38.5 Å². The molecule has 0 amide bonds. The lowest BCUT2D eigenvalue weighted by atomic mass is 10.2. The highest BCUT2D eigenvalue weighted by Gasteiger charge is 2.10. The summed E-state index contributed by atoms with van der Waals surface area (Å²) in [5.41, 5.74) is 4.96. The normalized spacial score (nSPS) is 11.0. The SMILES string of the molecule is CCCc1cc(N(CC)CC)nc(Nc2ccc3ncsc3c2)n1. The first kappa shape index (κ1) is 16.6. The van der Waals surface area contributed by atoms with Crippen molar-refractivity contribution in [3.05, 3.63) is 35.5 Å². The Kier molecular flexibility index (Phi) is 5.25. The summed E-state index contributed by atoms with van der Waals surface area (Å²) in [6.45, 7) is 8.34. The first-order chi connectivity index (χ1) is 11.7. The summed E-state index contributed by atoms with van der Waals surface area (Å²) in [5.74, 6) is 1.64. The molecular weight excluding hydrogens is 318 g/mol. The molecule has 0 aliphatic heterocycles. The number of fused-ring (bicyclic) bond motifs is 1. The zero-order valence-electron chi connectivity index (χ0n) is 14.4. The maximum atomic E-state index is 4.71. The highest BCUT2D eigenvalue weighted by molar-refractivity contribution is 7.16. The number of aromatic nitrogens is 3. The zero-order valence-corrected chi connectivity index (χ0v) is 15.2. The van der Waals surface area contributed by atoms with Crippen molar-refractivity contribution in [2.75, 3.05) is 23.3 Å². The average molecular weight is 341 g/mol. The molecule has 0 aliphatic rings. The first-order valence-electron chi connectivity index (χ1n) is 8.46. The van der Waals surface area contributed by atoms with Gasteiger partial charge in [0.25, 0.3) is 0 Å². The van der Waals surface area contributed by atoms with Crippen LogP contribution in [0.1, 0.15) is 32.9 Å². The van der Waals surface area contributed by atoms with Gasteiger partial charge in [0, 0.05) is 30.5 Å². The molecule has 1 N–H and O–H groups in total. The Morgan fingerprint density at radius 1 is 1.08 bits per heavy atom. The quantitative estimate of drug-likeness (QED) is 0.679. The van der Waals surface area contributed by atoms with Crippen LogP contribution in [0.15, 0.2) is 29.8 Å². The van der Waals surface area contributed by atoms with E-state index in [4.69, 9.17) is 4.98 Å². The van der Waals surface area contributed by atoms with Gasteiger partial charge in [-0.25, -0.2) is 9.97 Å². The first-order valence-corrected chi connectivity index (χ1v) is 9.34. The minimum absolute atomic E-state index is 0.659. The fourth-order valence-corrected chi connectivity index (χ4v) is 3.41. The second-order valence-electron chi connectivity index (χ2n) is 5.62. The van der Waals surface area contributed by atoms with Gasteiger partial charge in [0.05, 0.1) is 15.7 Å². The van der Waals surface area contributed by atoms with E-state index in [1.807, 2.05) is 17.6 Å². The Labute approximate surface area is 146 Å². The Balaban J connectivity index is 1.92. The van der Waals surface area contributed by atoms with Gasteiger partial charge in [-0.1, -0.05) is 13.3 Å². The summed E-state index contributed by atoms with van der Waals surface area (Å²) in [6, 6.07) is 8.25. The third kappa shape index (κ3) is 3.64. The van der Waals surface area contributed by atoms with E-state index in [9.17, 15) is 0 Å². The molecule has 3 aromatic rings. The van der Waals surface area contributed by atoms with Crippen molar-refractivity contribution in [3.8, 4) is 0 Å². The van der Waals surface area contributed by atoms with Gasteiger partial charge in [0.2, 0.25) is 5.95 Å². The van der Waals surface area contributed by atoms with E-state index >= 15 is 0 Å². The van der Waals surface area contributed by atoms with Crippen molar-refractivity contribution in [1.29, 1.82) is 0 Å². The second kappa shape index (κ2) is 7.57. The van der Waals surface area contributed by atoms with Crippen LogP contribution in [0.4, 0.5) is 17.5 Å². The van der Waals surface area contributed by atoms with Gasteiger partial charge in [0.15, 0.2) is 0 Å². The smallest absolute Gasteiger partial charge is 0.229 e. The molecule has 1 aromatic carbocycles. The minimum Gasteiger partial charge on any atom is -0.357 e. The predicted octanol–water partition coefficient (Wildman–Crippen LogP) is 4.63. The molecule has 0 saturated carbocycles. The van der Waals surface area contributed by atoms with Crippen LogP contribution in [0, 0.1) is 0 Å². The van der Waals surface area contributed by atoms with Crippen molar-refractivity contribution < 1.29 is 0 Å². The molecular formula is C18H23N5S. The fraction of sp³-hybridized carbons (Fsp3) is 0.389.